The van der Waals surface area contributed by atoms with Crippen molar-refractivity contribution in [2.24, 2.45) is 0 Å². The minimum Gasteiger partial charge on any atom is -0.437 e. The predicted octanol–water partition coefficient (Wildman–Crippen LogP) is 3.98. The monoisotopic (exact) mass is 379 g/mol. The molecule has 6 nitrogen and oxygen atoms in total. The van der Waals surface area contributed by atoms with Crippen LogP contribution in [0.1, 0.15) is 18.4 Å². The van der Waals surface area contributed by atoms with Gasteiger partial charge in [-0.15, -0.1) is 0 Å². The maximum Gasteiger partial charge on any atom is 0.220 e. The molecule has 0 saturated carbocycles. The fraction of sp³-hybridized carbons (Fsp3) is 0.100. The van der Waals surface area contributed by atoms with Gasteiger partial charge in [-0.25, -0.2) is 18.1 Å². The zero-order chi connectivity index (χ0) is 18.9. The van der Waals surface area contributed by atoms with Crippen molar-refractivity contribution in [1.29, 1.82) is 0 Å². The number of sulfone groups is 1. The molecule has 0 aliphatic carbocycles. The average molecular weight is 379 g/mol. The van der Waals surface area contributed by atoms with Crippen molar-refractivity contribution in [1.82, 2.24) is 14.8 Å². The summed E-state index contributed by atoms with van der Waals surface area (Å²) < 4.78 is 31.4. The molecule has 7 heteroatoms. The lowest BCUT2D eigenvalue weighted by Crippen LogP contribution is -2.03. The number of hydrogen-bond donors (Lipinski definition) is 0. The fourth-order valence-electron chi connectivity index (χ4n) is 2.67. The first kappa shape index (κ1) is 17.2. The molecular formula is C20H17N3O3S. The molecule has 136 valence electrons. The van der Waals surface area contributed by atoms with E-state index in [0.717, 1.165) is 11.3 Å². The van der Waals surface area contributed by atoms with Gasteiger partial charge in [-0.1, -0.05) is 25.1 Å². The number of rotatable bonds is 5. The van der Waals surface area contributed by atoms with Gasteiger partial charge in [-0.2, -0.15) is 5.10 Å². The maximum absolute atomic E-state index is 12.0. The highest BCUT2D eigenvalue weighted by molar-refractivity contribution is 7.91. The van der Waals surface area contributed by atoms with E-state index < -0.39 is 9.84 Å². The Kier molecular flexibility index (Phi) is 4.37. The van der Waals surface area contributed by atoms with Crippen molar-refractivity contribution < 1.29 is 12.8 Å². The first-order valence-corrected chi connectivity index (χ1v) is 10.1. The van der Waals surface area contributed by atoms with E-state index in [-0.39, 0.29) is 10.6 Å². The Labute approximate surface area is 156 Å². The van der Waals surface area contributed by atoms with Gasteiger partial charge in [0.1, 0.15) is 5.52 Å². The van der Waals surface area contributed by atoms with Gasteiger partial charge in [0.15, 0.2) is 15.4 Å². The third kappa shape index (κ3) is 3.54. The molecule has 0 radical (unpaired) electrons. The van der Waals surface area contributed by atoms with Crippen LogP contribution >= 0.6 is 0 Å². The van der Waals surface area contributed by atoms with Crippen LogP contribution in [0.15, 0.2) is 70.2 Å². The molecular weight excluding hydrogens is 362 g/mol. The number of hydrogen-bond acceptors (Lipinski definition) is 5. The Bertz CT molecular complexity index is 1220. The zero-order valence-corrected chi connectivity index (χ0v) is 15.4. The van der Waals surface area contributed by atoms with Crippen LogP contribution in [-0.4, -0.2) is 28.9 Å². The first-order chi connectivity index (χ1) is 13.0. The first-order valence-electron chi connectivity index (χ1n) is 8.47. The molecule has 0 N–H and O–H groups in total. The number of para-hydroxylation sites is 1. The standard InChI is InChI=1S/C20H17N3O3S/c1-2-27(24,25)17-9-10-19-18(12-17)22-20(26-19)11-8-15-13-21-23(14-15)16-6-4-3-5-7-16/h3-14H,2H2,1H3. The number of fused-ring (bicyclic) bond motifs is 1. The second-order valence-corrected chi connectivity index (χ2v) is 8.25. The predicted molar refractivity (Wildman–Crippen MR) is 104 cm³/mol. The fourth-order valence-corrected chi connectivity index (χ4v) is 3.57. The number of oxazole rings is 1. The van der Waals surface area contributed by atoms with E-state index in [4.69, 9.17) is 4.42 Å². The molecule has 0 spiro atoms. The molecule has 0 atom stereocenters. The summed E-state index contributed by atoms with van der Waals surface area (Å²) in [6.45, 7) is 1.62. The molecule has 0 amide bonds. The van der Waals surface area contributed by atoms with Crippen LogP contribution in [0.5, 0.6) is 0 Å². The van der Waals surface area contributed by atoms with Gasteiger partial charge in [0.05, 0.1) is 22.5 Å². The van der Waals surface area contributed by atoms with Crippen LogP contribution in [0.25, 0.3) is 28.9 Å². The Hall–Kier alpha value is -3.19. The summed E-state index contributed by atoms with van der Waals surface area (Å²) in [6, 6.07) is 14.5. The Balaban J connectivity index is 1.59. The van der Waals surface area contributed by atoms with Crippen LogP contribution in [0.4, 0.5) is 0 Å². The Morgan fingerprint density at radius 2 is 1.93 bits per heavy atom. The van der Waals surface area contributed by atoms with E-state index in [1.807, 2.05) is 42.6 Å². The smallest absolute Gasteiger partial charge is 0.220 e. The quantitative estimate of drug-likeness (QED) is 0.524. The van der Waals surface area contributed by atoms with Gasteiger partial charge in [-0.3, -0.25) is 0 Å². The number of aromatic nitrogens is 3. The highest BCUT2D eigenvalue weighted by Gasteiger charge is 2.14. The largest absolute Gasteiger partial charge is 0.437 e. The lowest BCUT2D eigenvalue weighted by atomic mass is 10.3. The molecule has 0 aliphatic heterocycles. The van der Waals surface area contributed by atoms with Gasteiger partial charge >= 0.3 is 0 Å². The summed E-state index contributed by atoms with van der Waals surface area (Å²) in [5, 5.41) is 4.34. The van der Waals surface area contributed by atoms with E-state index in [2.05, 4.69) is 10.1 Å². The minimum absolute atomic E-state index is 0.0501. The van der Waals surface area contributed by atoms with Gasteiger partial charge in [0, 0.05) is 17.8 Å². The highest BCUT2D eigenvalue weighted by atomic mass is 32.2. The molecule has 27 heavy (non-hydrogen) atoms. The number of nitrogens with zero attached hydrogens (tertiary/aromatic N) is 3. The minimum atomic E-state index is -3.27. The normalized spacial score (nSPS) is 12.2. The van der Waals surface area contributed by atoms with Crippen molar-refractivity contribution >= 4 is 33.1 Å². The molecule has 0 saturated heterocycles. The van der Waals surface area contributed by atoms with Crippen molar-refractivity contribution in [3.63, 3.8) is 0 Å². The SMILES string of the molecule is CCS(=O)(=O)c1ccc2oc(C=Cc3cnn(-c4ccccc4)c3)nc2c1. The van der Waals surface area contributed by atoms with Gasteiger partial charge < -0.3 is 4.42 Å². The molecule has 2 aromatic carbocycles. The van der Waals surface area contributed by atoms with Crippen LogP contribution in [0, 0.1) is 0 Å². The van der Waals surface area contributed by atoms with Gasteiger partial charge in [0.25, 0.3) is 0 Å². The summed E-state index contributed by atoms with van der Waals surface area (Å²) in [5.74, 6) is 0.456. The lowest BCUT2D eigenvalue weighted by Gasteiger charge is -1.99. The number of benzene rings is 2. The molecule has 0 bridgehead atoms. The van der Waals surface area contributed by atoms with Crippen LogP contribution in [0.2, 0.25) is 0 Å². The van der Waals surface area contributed by atoms with E-state index in [9.17, 15) is 8.42 Å². The van der Waals surface area contributed by atoms with Gasteiger partial charge in [0.2, 0.25) is 5.89 Å². The van der Waals surface area contributed by atoms with Gasteiger partial charge in [-0.05, 0) is 36.4 Å². The molecule has 0 unspecified atom stereocenters. The van der Waals surface area contributed by atoms with Crippen molar-refractivity contribution in [2.75, 3.05) is 5.75 Å². The second-order valence-electron chi connectivity index (χ2n) is 5.97. The molecule has 4 rings (SSSR count). The van der Waals surface area contributed by atoms with E-state index in [1.54, 1.807) is 42.1 Å². The van der Waals surface area contributed by atoms with Crippen LogP contribution < -0.4 is 0 Å². The van der Waals surface area contributed by atoms with Crippen molar-refractivity contribution in [2.45, 2.75) is 11.8 Å². The molecule has 2 aromatic heterocycles. The molecule has 4 aromatic rings. The van der Waals surface area contributed by atoms with Crippen molar-refractivity contribution in [3.8, 4) is 5.69 Å². The molecule has 0 fully saturated rings. The summed E-state index contributed by atoms with van der Waals surface area (Å²) in [4.78, 5) is 4.61. The lowest BCUT2D eigenvalue weighted by molar-refractivity contribution is 0.589. The van der Waals surface area contributed by atoms with E-state index in [1.165, 1.54) is 0 Å². The van der Waals surface area contributed by atoms with Crippen LogP contribution in [0.3, 0.4) is 0 Å². The summed E-state index contributed by atoms with van der Waals surface area (Å²) in [7, 11) is -3.27. The Morgan fingerprint density at radius 3 is 2.70 bits per heavy atom. The summed E-state index contributed by atoms with van der Waals surface area (Å²) in [5.41, 5.74) is 2.94. The highest BCUT2D eigenvalue weighted by Crippen LogP contribution is 2.22. The summed E-state index contributed by atoms with van der Waals surface area (Å²) >= 11 is 0. The summed E-state index contributed by atoms with van der Waals surface area (Å²) in [6.07, 6.45) is 7.24. The third-order valence-electron chi connectivity index (χ3n) is 4.16. The van der Waals surface area contributed by atoms with Crippen molar-refractivity contribution in [3.05, 3.63) is 72.4 Å². The Morgan fingerprint density at radius 1 is 1.11 bits per heavy atom. The van der Waals surface area contributed by atoms with Crippen LogP contribution in [-0.2, 0) is 9.84 Å². The molecule has 2 heterocycles. The molecule has 0 aliphatic rings. The maximum atomic E-state index is 12.0. The second kappa shape index (κ2) is 6.85. The zero-order valence-electron chi connectivity index (χ0n) is 14.6. The van der Waals surface area contributed by atoms with E-state index in [0.29, 0.717) is 17.0 Å². The third-order valence-corrected chi connectivity index (χ3v) is 5.89. The van der Waals surface area contributed by atoms with E-state index >= 15 is 0 Å². The topological polar surface area (TPSA) is 78.0 Å². The average Bonchev–Trinajstić information content (AvgIpc) is 3.33.